The quantitative estimate of drug-likeness (QED) is 0.704. The summed E-state index contributed by atoms with van der Waals surface area (Å²) in [6.07, 6.45) is 0. The van der Waals surface area contributed by atoms with Gasteiger partial charge in [-0.1, -0.05) is 11.6 Å². The summed E-state index contributed by atoms with van der Waals surface area (Å²) in [6, 6.07) is 11.8. The highest BCUT2D eigenvalue weighted by atomic mass is 35.5. The van der Waals surface area contributed by atoms with E-state index in [0.717, 1.165) is 0 Å². The van der Waals surface area contributed by atoms with Gasteiger partial charge in [0.25, 0.3) is 5.91 Å². The van der Waals surface area contributed by atoms with Crippen molar-refractivity contribution in [2.45, 2.75) is 17.9 Å². The number of amides is 2. The highest BCUT2D eigenvalue weighted by Gasteiger charge is 2.32. The lowest BCUT2D eigenvalue weighted by atomic mass is 10.2. The minimum Gasteiger partial charge on any atom is -0.497 e. The van der Waals surface area contributed by atoms with E-state index in [9.17, 15) is 18.0 Å². The predicted molar refractivity (Wildman–Crippen MR) is 117 cm³/mol. The zero-order chi connectivity index (χ0) is 22.6. The third kappa shape index (κ3) is 5.36. The molecule has 1 saturated heterocycles. The molecule has 0 radical (unpaired) electrons. The second-order valence-corrected chi connectivity index (χ2v) is 9.48. The van der Waals surface area contributed by atoms with Crippen molar-refractivity contribution in [3.8, 4) is 5.75 Å². The average Bonchev–Trinajstić information content (AvgIpc) is 2.79. The molecule has 1 heterocycles. The number of hydrogen-bond acceptors (Lipinski definition) is 5. The Bertz CT molecular complexity index is 1030. The first-order chi connectivity index (χ1) is 14.7. The van der Waals surface area contributed by atoms with Crippen LogP contribution in [0.5, 0.6) is 5.75 Å². The Morgan fingerprint density at radius 3 is 2.13 bits per heavy atom. The molecular formula is C21H24ClN3O5S. The fraction of sp³-hybridized carbons (Fsp3) is 0.333. The normalized spacial score (nSPS) is 15.9. The van der Waals surface area contributed by atoms with Gasteiger partial charge in [0.15, 0.2) is 0 Å². The zero-order valence-electron chi connectivity index (χ0n) is 17.2. The first-order valence-corrected chi connectivity index (χ1v) is 11.5. The van der Waals surface area contributed by atoms with Crippen LogP contribution in [0.15, 0.2) is 53.4 Å². The lowest BCUT2D eigenvalue weighted by Crippen LogP contribution is -2.55. The Morgan fingerprint density at radius 2 is 1.58 bits per heavy atom. The summed E-state index contributed by atoms with van der Waals surface area (Å²) in [4.78, 5) is 26.8. The number of piperazine rings is 1. The monoisotopic (exact) mass is 465 g/mol. The molecule has 166 valence electrons. The number of nitrogens with zero attached hydrogens (tertiary/aromatic N) is 2. The van der Waals surface area contributed by atoms with Crippen LogP contribution in [0.1, 0.15) is 17.3 Å². The molecule has 2 aromatic carbocycles. The van der Waals surface area contributed by atoms with Gasteiger partial charge >= 0.3 is 0 Å². The van der Waals surface area contributed by atoms with E-state index in [1.54, 1.807) is 48.2 Å². The molecule has 1 aliphatic heterocycles. The highest BCUT2D eigenvalue weighted by molar-refractivity contribution is 7.89. The van der Waals surface area contributed by atoms with Gasteiger partial charge in [-0.3, -0.25) is 9.59 Å². The second kappa shape index (κ2) is 9.67. The number of carbonyl (C=O) groups excluding carboxylic acids is 2. The maximum Gasteiger partial charge on any atom is 0.251 e. The van der Waals surface area contributed by atoms with Gasteiger partial charge in [-0.25, -0.2) is 8.42 Å². The summed E-state index contributed by atoms with van der Waals surface area (Å²) < 4.78 is 32.1. The molecule has 10 heteroatoms. The van der Waals surface area contributed by atoms with Crippen molar-refractivity contribution in [3.05, 3.63) is 59.1 Å². The van der Waals surface area contributed by atoms with E-state index in [1.807, 2.05) is 0 Å². The topological polar surface area (TPSA) is 96.0 Å². The Hall–Kier alpha value is -2.62. The van der Waals surface area contributed by atoms with Gasteiger partial charge in [-0.15, -0.1) is 0 Å². The third-order valence-electron chi connectivity index (χ3n) is 5.07. The van der Waals surface area contributed by atoms with Gasteiger partial charge in [0.2, 0.25) is 15.9 Å². The van der Waals surface area contributed by atoms with Crippen molar-refractivity contribution in [1.29, 1.82) is 0 Å². The molecule has 0 bridgehead atoms. The van der Waals surface area contributed by atoms with E-state index in [2.05, 4.69) is 5.32 Å². The summed E-state index contributed by atoms with van der Waals surface area (Å²) in [5, 5.41) is 3.19. The molecule has 0 aliphatic carbocycles. The highest BCUT2D eigenvalue weighted by Crippen LogP contribution is 2.21. The number of hydrogen-bond donors (Lipinski definition) is 1. The molecule has 31 heavy (non-hydrogen) atoms. The number of sulfonamides is 1. The van der Waals surface area contributed by atoms with Crippen molar-refractivity contribution in [3.63, 3.8) is 0 Å². The number of rotatable bonds is 6. The lowest BCUT2D eigenvalue weighted by molar-refractivity contribution is -0.134. The summed E-state index contributed by atoms with van der Waals surface area (Å²) in [5.74, 6) is -0.0638. The fourth-order valence-corrected chi connectivity index (χ4v) is 4.81. The SMILES string of the molecule is COc1ccc(S(=O)(=O)N2CCN(C(=O)C(C)NC(=O)c3ccc(Cl)cc3)CC2)cc1. The van der Waals surface area contributed by atoms with Crippen molar-refractivity contribution >= 4 is 33.4 Å². The molecule has 1 N–H and O–H groups in total. The molecule has 1 aliphatic rings. The van der Waals surface area contributed by atoms with Crippen LogP contribution >= 0.6 is 11.6 Å². The first kappa shape index (κ1) is 23.1. The minimum atomic E-state index is -3.66. The zero-order valence-corrected chi connectivity index (χ0v) is 18.8. The Labute approximate surface area is 186 Å². The number of ether oxygens (including phenoxy) is 1. The van der Waals surface area contributed by atoms with E-state index < -0.39 is 16.1 Å². The van der Waals surface area contributed by atoms with Crippen LogP contribution in [-0.4, -0.2) is 68.8 Å². The maximum atomic E-state index is 12.8. The van der Waals surface area contributed by atoms with Crippen molar-refractivity contribution in [2.24, 2.45) is 0 Å². The fourth-order valence-electron chi connectivity index (χ4n) is 3.26. The molecule has 3 rings (SSSR count). The van der Waals surface area contributed by atoms with Gasteiger partial charge in [-0.05, 0) is 55.5 Å². The van der Waals surface area contributed by atoms with Crippen LogP contribution in [-0.2, 0) is 14.8 Å². The molecule has 1 fully saturated rings. The molecule has 1 atom stereocenters. The van der Waals surface area contributed by atoms with Gasteiger partial charge in [0.05, 0.1) is 12.0 Å². The molecule has 2 amide bonds. The Kier molecular flexibility index (Phi) is 7.19. The summed E-state index contributed by atoms with van der Waals surface area (Å²) in [7, 11) is -2.14. The van der Waals surface area contributed by atoms with E-state index in [1.165, 1.54) is 23.5 Å². The van der Waals surface area contributed by atoms with Crippen LogP contribution in [0.25, 0.3) is 0 Å². The maximum absolute atomic E-state index is 12.8. The molecule has 2 aromatic rings. The summed E-state index contributed by atoms with van der Waals surface area (Å²) in [5.41, 5.74) is 0.402. The second-order valence-electron chi connectivity index (χ2n) is 7.11. The van der Waals surface area contributed by atoms with Crippen LogP contribution < -0.4 is 10.1 Å². The number of benzene rings is 2. The number of carbonyl (C=O) groups is 2. The van der Waals surface area contributed by atoms with Gasteiger partial charge in [-0.2, -0.15) is 4.31 Å². The van der Waals surface area contributed by atoms with Gasteiger partial charge in [0.1, 0.15) is 11.8 Å². The van der Waals surface area contributed by atoms with E-state index in [0.29, 0.717) is 16.3 Å². The van der Waals surface area contributed by atoms with Gasteiger partial charge in [0, 0.05) is 36.8 Å². The summed E-state index contributed by atoms with van der Waals surface area (Å²) >= 11 is 5.83. The molecule has 8 nitrogen and oxygen atoms in total. The van der Waals surface area contributed by atoms with E-state index >= 15 is 0 Å². The van der Waals surface area contributed by atoms with Crippen LogP contribution in [0.3, 0.4) is 0 Å². The van der Waals surface area contributed by atoms with Crippen LogP contribution in [0.2, 0.25) is 5.02 Å². The van der Waals surface area contributed by atoms with Crippen LogP contribution in [0, 0.1) is 0 Å². The molecule has 0 saturated carbocycles. The third-order valence-corrected chi connectivity index (χ3v) is 7.24. The van der Waals surface area contributed by atoms with Crippen molar-refractivity contribution in [1.82, 2.24) is 14.5 Å². The van der Waals surface area contributed by atoms with Crippen molar-refractivity contribution < 1.29 is 22.7 Å². The van der Waals surface area contributed by atoms with Gasteiger partial charge < -0.3 is 15.0 Å². The molecule has 0 aromatic heterocycles. The predicted octanol–water partition coefficient (Wildman–Crippen LogP) is 2.00. The first-order valence-electron chi connectivity index (χ1n) is 9.72. The largest absolute Gasteiger partial charge is 0.497 e. The smallest absolute Gasteiger partial charge is 0.251 e. The Morgan fingerprint density at radius 1 is 1.00 bits per heavy atom. The standard InChI is InChI=1S/C21H24ClN3O5S/c1-15(23-20(26)16-3-5-17(22)6-4-16)21(27)24-11-13-25(14-12-24)31(28,29)19-9-7-18(30-2)8-10-19/h3-10,15H,11-14H2,1-2H3,(H,23,26). The number of methoxy groups -OCH3 is 1. The van der Waals surface area contributed by atoms with Crippen LogP contribution in [0.4, 0.5) is 0 Å². The van der Waals surface area contributed by atoms with Crippen molar-refractivity contribution in [2.75, 3.05) is 33.3 Å². The molecule has 0 spiro atoms. The van der Waals surface area contributed by atoms with E-state index in [4.69, 9.17) is 16.3 Å². The average molecular weight is 466 g/mol. The van der Waals surface area contributed by atoms with E-state index in [-0.39, 0.29) is 42.9 Å². The Balaban J connectivity index is 1.57. The lowest BCUT2D eigenvalue weighted by Gasteiger charge is -2.35. The minimum absolute atomic E-state index is 0.177. The molecular weight excluding hydrogens is 442 g/mol. The number of halogens is 1. The number of nitrogens with one attached hydrogen (secondary N) is 1. The molecule has 1 unspecified atom stereocenters. The summed E-state index contributed by atoms with van der Waals surface area (Å²) in [6.45, 7) is 2.46.